The number of ether oxygens (including phenoxy) is 1. The van der Waals surface area contributed by atoms with Crippen molar-refractivity contribution in [2.24, 2.45) is 5.92 Å². The average molecular weight is 243 g/mol. The van der Waals surface area contributed by atoms with Crippen LogP contribution in [0.1, 0.15) is 39.0 Å². The average Bonchev–Trinajstić information content (AvgIpc) is 2.87. The molecule has 1 N–H and O–H groups in total. The number of hydrogen-bond donors (Lipinski definition) is 1. The Balaban J connectivity index is 1.65. The molecule has 0 unspecified atom stereocenters. The molecule has 2 heteroatoms. The summed E-state index contributed by atoms with van der Waals surface area (Å²) in [5, 5.41) is 1.23. The maximum absolute atomic E-state index is 6.11. The van der Waals surface area contributed by atoms with Crippen LogP contribution in [-0.2, 0) is 0 Å². The zero-order valence-corrected chi connectivity index (χ0v) is 11.0. The minimum Gasteiger partial charge on any atom is -0.490 e. The summed E-state index contributed by atoms with van der Waals surface area (Å²) in [7, 11) is 0. The van der Waals surface area contributed by atoms with Crippen molar-refractivity contribution in [3.8, 4) is 5.75 Å². The van der Waals surface area contributed by atoms with Crippen LogP contribution in [0.4, 0.5) is 0 Å². The van der Waals surface area contributed by atoms with Crippen molar-refractivity contribution in [1.82, 2.24) is 4.98 Å². The molecule has 1 saturated carbocycles. The van der Waals surface area contributed by atoms with E-state index in [9.17, 15) is 0 Å². The molecule has 18 heavy (non-hydrogen) atoms. The van der Waals surface area contributed by atoms with Gasteiger partial charge in [-0.3, -0.25) is 0 Å². The van der Waals surface area contributed by atoms with Crippen LogP contribution in [-0.4, -0.2) is 11.1 Å². The normalized spacial score (nSPS) is 24.3. The molecule has 1 aliphatic carbocycles. The molecule has 2 aromatic rings. The monoisotopic (exact) mass is 243 g/mol. The predicted octanol–water partition coefficient (Wildman–Crippen LogP) is 4.52. The first-order chi connectivity index (χ1) is 8.85. The fourth-order valence-electron chi connectivity index (χ4n) is 2.96. The number of rotatable bonds is 3. The van der Waals surface area contributed by atoms with Gasteiger partial charge in [0.15, 0.2) is 0 Å². The number of benzene rings is 1. The Hall–Kier alpha value is -1.44. The molecule has 0 atom stereocenters. The van der Waals surface area contributed by atoms with E-state index < -0.39 is 0 Å². The molecule has 0 aliphatic heterocycles. The highest BCUT2D eigenvalue weighted by Gasteiger charge is 2.21. The quantitative estimate of drug-likeness (QED) is 0.842. The molecule has 0 amide bonds. The van der Waals surface area contributed by atoms with E-state index in [0.717, 1.165) is 11.7 Å². The Morgan fingerprint density at radius 2 is 2.00 bits per heavy atom. The molecule has 2 nitrogen and oxygen atoms in total. The van der Waals surface area contributed by atoms with Gasteiger partial charge in [0.1, 0.15) is 5.75 Å². The van der Waals surface area contributed by atoms with E-state index in [0.29, 0.717) is 6.10 Å². The number of H-pyrrole nitrogens is 1. The van der Waals surface area contributed by atoms with Gasteiger partial charge in [-0.1, -0.05) is 13.3 Å². The maximum Gasteiger partial charge on any atom is 0.120 e. The molecule has 1 fully saturated rings. The van der Waals surface area contributed by atoms with Gasteiger partial charge < -0.3 is 9.72 Å². The highest BCUT2D eigenvalue weighted by molar-refractivity contribution is 5.80. The molecule has 0 radical (unpaired) electrons. The topological polar surface area (TPSA) is 25.0 Å². The second kappa shape index (κ2) is 5.05. The summed E-state index contributed by atoms with van der Waals surface area (Å²) in [6.45, 7) is 2.30. The minimum atomic E-state index is 0.421. The third-order valence-electron chi connectivity index (χ3n) is 4.20. The van der Waals surface area contributed by atoms with Crippen LogP contribution < -0.4 is 4.74 Å². The number of aromatic nitrogens is 1. The van der Waals surface area contributed by atoms with Crippen LogP contribution in [0.15, 0.2) is 30.5 Å². The van der Waals surface area contributed by atoms with Gasteiger partial charge in [-0.15, -0.1) is 0 Å². The second-order valence-corrected chi connectivity index (χ2v) is 5.40. The first-order valence-corrected chi connectivity index (χ1v) is 7.09. The standard InChI is InChI=1S/C16H21NO/c1-2-12-3-5-14(6-4-12)18-15-7-8-16-13(11-15)9-10-17-16/h7-12,14,17H,2-6H2,1H3. The lowest BCUT2D eigenvalue weighted by Gasteiger charge is -2.28. The van der Waals surface area contributed by atoms with Crippen molar-refractivity contribution >= 4 is 10.9 Å². The highest BCUT2D eigenvalue weighted by atomic mass is 16.5. The molecule has 96 valence electrons. The van der Waals surface area contributed by atoms with E-state index in [-0.39, 0.29) is 0 Å². The van der Waals surface area contributed by atoms with Gasteiger partial charge in [-0.25, -0.2) is 0 Å². The van der Waals surface area contributed by atoms with E-state index in [1.54, 1.807) is 0 Å². The molecule has 1 aromatic heterocycles. The smallest absolute Gasteiger partial charge is 0.120 e. The number of nitrogens with one attached hydrogen (secondary N) is 1. The molecule has 0 bridgehead atoms. The summed E-state index contributed by atoms with van der Waals surface area (Å²) in [6, 6.07) is 8.40. The predicted molar refractivity (Wildman–Crippen MR) is 75.0 cm³/mol. The van der Waals surface area contributed by atoms with E-state index >= 15 is 0 Å². The van der Waals surface area contributed by atoms with Crippen LogP contribution >= 0.6 is 0 Å². The maximum atomic E-state index is 6.11. The van der Waals surface area contributed by atoms with E-state index in [1.165, 1.54) is 43.0 Å². The summed E-state index contributed by atoms with van der Waals surface area (Å²) < 4.78 is 6.11. The SMILES string of the molecule is CCC1CCC(Oc2ccc3[nH]ccc3c2)CC1. The van der Waals surface area contributed by atoms with Crippen molar-refractivity contribution in [2.75, 3.05) is 0 Å². The third kappa shape index (κ3) is 2.38. The first kappa shape index (κ1) is 11.6. The molecule has 0 saturated heterocycles. The fourth-order valence-corrected chi connectivity index (χ4v) is 2.96. The lowest BCUT2D eigenvalue weighted by atomic mass is 9.86. The molecule has 0 spiro atoms. The zero-order chi connectivity index (χ0) is 12.4. The van der Waals surface area contributed by atoms with Crippen LogP contribution in [0.2, 0.25) is 0 Å². The third-order valence-corrected chi connectivity index (χ3v) is 4.20. The zero-order valence-electron chi connectivity index (χ0n) is 11.0. The lowest BCUT2D eigenvalue weighted by Crippen LogP contribution is -2.23. The van der Waals surface area contributed by atoms with E-state index in [4.69, 9.17) is 4.74 Å². The number of aromatic amines is 1. The summed E-state index contributed by atoms with van der Waals surface area (Å²) in [6.07, 6.45) is 8.79. The van der Waals surface area contributed by atoms with Crippen LogP contribution in [0.25, 0.3) is 10.9 Å². The molecular weight excluding hydrogens is 222 g/mol. The van der Waals surface area contributed by atoms with Gasteiger partial charge in [0, 0.05) is 17.1 Å². The first-order valence-electron chi connectivity index (χ1n) is 7.09. The van der Waals surface area contributed by atoms with Gasteiger partial charge in [0.05, 0.1) is 6.10 Å². The Bertz CT molecular complexity index is 509. The summed E-state index contributed by atoms with van der Waals surface area (Å²) in [5.74, 6) is 1.94. The van der Waals surface area contributed by atoms with E-state index in [2.05, 4.69) is 36.2 Å². The van der Waals surface area contributed by atoms with Gasteiger partial charge in [-0.2, -0.15) is 0 Å². The van der Waals surface area contributed by atoms with Gasteiger partial charge in [0.25, 0.3) is 0 Å². The largest absolute Gasteiger partial charge is 0.490 e. The summed E-state index contributed by atoms with van der Waals surface area (Å²) in [5.41, 5.74) is 1.18. The van der Waals surface area contributed by atoms with Gasteiger partial charge in [0.2, 0.25) is 0 Å². The molecule has 3 rings (SSSR count). The lowest BCUT2D eigenvalue weighted by molar-refractivity contribution is 0.130. The van der Waals surface area contributed by atoms with Crippen molar-refractivity contribution in [3.63, 3.8) is 0 Å². The Kier molecular flexibility index (Phi) is 3.26. The fraction of sp³-hybridized carbons (Fsp3) is 0.500. The summed E-state index contributed by atoms with van der Waals surface area (Å²) >= 11 is 0. The molecule has 1 heterocycles. The number of fused-ring (bicyclic) bond motifs is 1. The van der Waals surface area contributed by atoms with E-state index in [1.807, 2.05) is 6.20 Å². The Morgan fingerprint density at radius 1 is 1.17 bits per heavy atom. The second-order valence-electron chi connectivity index (χ2n) is 5.40. The molecule has 1 aromatic carbocycles. The van der Waals surface area contributed by atoms with Crippen molar-refractivity contribution < 1.29 is 4.74 Å². The Morgan fingerprint density at radius 3 is 2.78 bits per heavy atom. The molecular formula is C16H21NO. The van der Waals surface area contributed by atoms with Gasteiger partial charge in [-0.05, 0) is 55.9 Å². The molecule has 1 aliphatic rings. The van der Waals surface area contributed by atoms with Gasteiger partial charge >= 0.3 is 0 Å². The Labute approximate surface area is 108 Å². The van der Waals surface area contributed by atoms with Crippen LogP contribution in [0.5, 0.6) is 5.75 Å². The van der Waals surface area contributed by atoms with Crippen molar-refractivity contribution in [3.05, 3.63) is 30.5 Å². The number of hydrogen-bond acceptors (Lipinski definition) is 1. The minimum absolute atomic E-state index is 0.421. The van der Waals surface area contributed by atoms with Crippen molar-refractivity contribution in [1.29, 1.82) is 0 Å². The van der Waals surface area contributed by atoms with Crippen molar-refractivity contribution in [2.45, 2.75) is 45.1 Å². The summed E-state index contributed by atoms with van der Waals surface area (Å²) in [4.78, 5) is 3.21. The van der Waals surface area contributed by atoms with Crippen LogP contribution in [0, 0.1) is 5.92 Å². The highest BCUT2D eigenvalue weighted by Crippen LogP contribution is 2.30. The van der Waals surface area contributed by atoms with Crippen LogP contribution in [0.3, 0.4) is 0 Å².